The van der Waals surface area contributed by atoms with E-state index in [0.29, 0.717) is 17.9 Å². The predicted molar refractivity (Wildman–Crippen MR) is 103 cm³/mol. The standard InChI is InChI=1S/C21H24N2O5/c1-27-17-9-7-15(8-10-17)11-22-12-16(24)13-23(14-20(22)25)21(26)18-5-3-4-6-19(18)28-2/h3-10,16,24H,11-14H2,1-2H3. The van der Waals surface area contributed by atoms with Crippen molar-refractivity contribution in [2.45, 2.75) is 12.6 Å². The largest absolute Gasteiger partial charge is 0.497 e. The normalized spacial score (nSPS) is 17.2. The van der Waals surface area contributed by atoms with E-state index in [9.17, 15) is 14.7 Å². The lowest BCUT2D eigenvalue weighted by atomic mass is 10.1. The fraction of sp³-hybridized carbons (Fsp3) is 0.333. The second kappa shape index (κ2) is 8.75. The maximum atomic E-state index is 12.9. The summed E-state index contributed by atoms with van der Waals surface area (Å²) in [4.78, 5) is 28.6. The first-order valence-electron chi connectivity index (χ1n) is 9.03. The first-order valence-corrected chi connectivity index (χ1v) is 9.03. The van der Waals surface area contributed by atoms with Crippen molar-refractivity contribution >= 4 is 11.8 Å². The van der Waals surface area contributed by atoms with E-state index in [1.54, 1.807) is 36.3 Å². The maximum absolute atomic E-state index is 12.9. The molecule has 2 aromatic rings. The molecule has 1 heterocycles. The van der Waals surface area contributed by atoms with Gasteiger partial charge >= 0.3 is 0 Å². The summed E-state index contributed by atoms with van der Waals surface area (Å²) in [7, 11) is 3.09. The Morgan fingerprint density at radius 3 is 2.46 bits per heavy atom. The van der Waals surface area contributed by atoms with Crippen LogP contribution in [0.4, 0.5) is 0 Å². The highest BCUT2D eigenvalue weighted by atomic mass is 16.5. The molecule has 0 radical (unpaired) electrons. The van der Waals surface area contributed by atoms with Crippen molar-refractivity contribution in [3.05, 3.63) is 59.7 Å². The third-order valence-corrected chi connectivity index (χ3v) is 4.70. The van der Waals surface area contributed by atoms with Crippen molar-refractivity contribution in [3.63, 3.8) is 0 Å². The number of hydrogen-bond donors (Lipinski definition) is 1. The average molecular weight is 384 g/mol. The molecule has 2 amide bonds. The quantitative estimate of drug-likeness (QED) is 0.846. The molecule has 2 aromatic carbocycles. The van der Waals surface area contributed by atoms with Crippen LogP contribution in [0.1, 0.15) is 15.9 Å². The molecule has 148 valence electrons. The number of carbonyl (C=O) groups is 2. The highest BCUT2D eigenvalue weighted by Gasteiger charge is 2.30. The third kappa shape index (κ3) is 4.43. The number of rotatable bonds is 5. The third-order valence-electron chi connectivity index (χ3n) is 4.70. The van der Waals surface area contributed by atoms with Gasteiger partial charge in [-0.2, -0.15) is 0 Å². The second-order valence-electron chi connectivity index (χ2n) is 6.66. The zero-order valence-corrected chi connectivity index (χ0v) is 16.0. The van der Waals surface area contributed by atoms with Gasteiger partial charge in [0.15, 0.2) is 0 Å². The van der Waals surface area contributed by atoms with Crippen LogP contribution in [0.2, 0.25) is 0 Å². The zero-order chi connectivity index (χ0) is 20.1. The van der Waals surface area contributed by atoms with Crippen molar-refractivity contribution in [2.75, 3.05) is 33.9 Å². The summed E-state index contributed by atoms with van der Waals surface area (Å²) in [5.41, 5.74) is 1.29. The molecule has 7 heteroatoms. The number of ether oxygens (including phenoxy) is 2. The Morgan fingerprint density at radius 1 is 1.07 bits per heavy atom. The number of β-amino-alcohol motifs (C(OH)–C–C–N with tert-alkyl or cyclic N) is 1. The molecule has 1 saturated heterocycles. The number of amides is 2. The van der Waals surface area contributed by atoms with E-state index >= 15 is 0 Å². The Morgan fingerprint density at radius 2 is 1.79 bits per heavy atom. The first-order chi connectivity index (χ1) is 13.5. The minimum Gasteiger partial charge on any atom is -0.497 e. The van der Waals surface area contributed by atoms with Crippen molar-refractivity contribution in [3.8, 4) is 11.5 Å². The van der Waals surface area contributed by atoms with Crippen molar-refractivity contribution in [1.82, 2.24) is 9.80 Å². The Labute approximate surface area is 164 Å². The van der Waals surface area contributed by atoms with Gasteiger partial charge in [-0.1, -0.05) is 24.3 Å². The summed E-state index contributed by atoms with van der Waals surface area (Å²) in [6.07, 6.45) is -0.830. The lowest BCUT2D eigenvalue weighted by Gasteiger charge is -2.22. The van der Waals surface area contributed by atoms with Crippen LogP contribution < -0.4 is 9.47 Å². The maximum Gasteiger partial charge on any atom is 0.258 e. The molecule has 0 aliphatic carbocycles. The number of carbonyl (C=O) groups excluding carboxylic acids is 2. The van der Waals surface area contributed by atoms with Gasteiger partial charge in [0.25, 0.3) is 5.91 Å². The lowest BCUT2D eigenvalue weighted by molar-refractivity contribution is -0.131. The molecular formula is C21H24N2O5. The van der Waals surface area contributed by atoms with Crippen molar-refractivity contribution < 1.29 is 24.2 Å². The van der Waals surface area contributed by atoms with Gasteiger partial charge in [0, 0.05) is 19.6 Å². The Balaban J connectivity index is 1.74. The number of nitrogens with zero attached hydrogens (tertiary/aromatic N) is 2. The Bertz CT molecular complexity index is 837. The number of benzene rings is 2. The molecule has 0 saturated carbocycles. The molecule has 3 rings (SSSR count). The van der Waals surface area contributed by atoms with Gasteiger partial charge in [0.1, 0.15) is 18.0 Å². The fourth-order valence-electron chi connectivity index (χ4n) is 3.25. The molecule has 1 atom stereocenters. The number of aliphatic hydroxyl groups is 1. The molecular weight excluding hydrogens is 360 g/mol. The van der Waals surface area contributed by atoms with E-state index < -0.39 is 6.10 Å². The summed E-state index contributed by atoms with van der Waals surface area (Å²) >= 11 is 0. The summed E-state index contributed by atoms with van der Waals surface area (Å²) in [6.45, 7) is 0.517. The van der Waals surface area contributed by atoms with E-state index in [1.807, 2.05) is 24.3 Å². The molecule has 0 spiro atoms. The summed E-state index contributed by atoms with van der Waals surface area (Å²) in [6, 6.07) is 14.3. The van der Waals surface area contributed by atoms with Crippen LogP contribution in [0.25, 0.3) is 0 Å². The van der Waals surface area contributed by atoms with E-state index in [4.69, 9.17) is 9.47 Å². The highest BCUT2D eigenvalue weighted by Crippen LogP contribution is 2.21. The summed E-state index contributed by atoms with van der Waals surface area (Å²) in [5.74, 6) is 0.625. The second-order valence-corrected chi connectivity index (χ2v) is 6.66. The van der Waals surface area contributed by atoms with Crippen LogP contribution >= 0.6 is 0 Å². The topological polar surface area (TPSA) is 79.3 Å². The molecule has 1 unspecified atom stereocenters. The molecule has 1 N–H and O–H groups in total. The lowest BCUT2D eigenvalue weighted by Crippen LogP contribution is -2.39. The van der Waals surface area contributed by atoms with Gasteiger partial charge in [0.05, 0.1) is 25.9 Å². The molecule has 7 nitrogen and oxygen atoms in total. The number of hydrogen-bond acceptors (Lipinski definition) is 5. The van der Waals surface area contributed by atoms with Crippen LogP contribution in [0.3, 0.4) is 0 Å². The van der Waals surface area contributed by atoms with Gasteiger partial charge < -0.3 is 24.4 Å². The van der Waals surface area contributed by atoms with Crippen LogP contribution in [0.5, 0.6) is 11.5 Å². The minimum absolute atomic E-state index is 0.0851. The highest BCUT2D eigenvalue weighted by molar-refractivity contribution is 5.99. The number of aliphatic hydroxyl groups excluding tert-OH is 1. The van der Waals surface area contributed by atoms with Gasteiger partial charge in [-0.15, -0.1) is 0 Å². The Kier molecular flexibility index (Phi) is 6.16. The number of methoxy groups -OCH3 is 2. The van der Waals surface area contributed by atoms with E-state index in [0.717, 1.165) is 11.3 Å². The molecule has 0 aromatic heterocycles. The molecule has 0 bridgehead atoms. The van der Waals surface area contributed by atoms with E-state index in [2.05, 4.69) is 0 Å². The van der Waals surface area contributed by atoms with Crippen molar-refractivity contribution in [2.24, 2.45) is 0 Å². The van der Waals surface area contributed by atoms with Gasteiger partial charge in [-0.05, 0) is 29.8 Å². The summed E-state index contributed by atoms with van der Waals surface area (Å²) in [5, 5.41) is 10.4. The van der Waals surface area contributed by atoms with Gasteiger partial charge in [-0.25, -0.2) is 0 Å². The van der Waals surface area contributed by atoms with Crippen LogP contribution in [0.15, 0.2) is 48.5 Å². The summed E-state index contributed by atoms with van der Waals surface area (Å²) < 4.78 is 10.4. The monoisotopic (exact) mass is 384 g/mol. The molecule has 28 heavy (non-hydrogen) atoms. The smallest absolute Gasteiger partial charge is 0.258 e. The van der Waals surface area contributed by atoms with E-state index in [1.165, 1.54) is 12.0 Å². The van der Waals surface area contributed by atoms with Gasteiger partial charge in [0.2, 0.25) is 5.91 Å². The zero-order valence-electron chi connectivity index (χ0n) is 16.0. The minimum atomic E-state index is -0.830. The fourth-order valence-corrected chi connectivity index (χ4v) is 3.25. The molecule has 1 aliphatic rings. The van der Waals surface area contributed by atoms with Crippen LogP contribution in [-0.4, -0.2) is 66.7 Å². The van der Waals surface area contributed by atoms with Crippen molar-refractivity contribution in [1.29, 1.82) is 0 Å². The van der Waals surface area contributed by atoms with Crippen LogP contribution in [0, 0.1) is 0 Å². The molecule has 1 aliphatic heterocycles. The van der Waals surface area contributed by atoms with Gasteiger partial charge in [-0.3, -0.25) is 9.59 Å². The predicted octanol–water partition coefficient (Wildman–Crippen LogP) is 1.55. The average Bonchev–Trinajstić information content (AvgIpc) is 2.86. The molecule has 1 fully saturated rings. The number of para-hydroxylation sites is 1. The van der Waals surface area contributed by atoms with Crippen LogP contribution in [-0.2, 0) is 11.3 Å². The Hall–Kier alpha value is -3.06. The van der Waals surface area contributed by atoms with E-state index in [-0.39, 0.29) is 31.4 Å². The SMILES string of the molecule is COc1ccc(CN2CC(O)CN(C(=O)c3ccccc3OC)CC2=O)cc1. The first kappa shape index (κ1) is 19.7.